The summed E-state index contributed by atoms with van der Waals surface area (Å²) in [5.74, 6) is 0.688. The minimum Gasteiger partial charge on any atom is -0.493 e. The van der Waals surface area contributed by atoms with Crippen molar-refractivity contribution in [1.29, 1.82) is 5.26 Å². The second-order valence-corrected chi connectivity index (χ2v) is 9.55. The van der Waals surface area contributed by atoms with E-state index in [0.717, 1.165) is 24.9 Å². The van der Waals surface area contributed by atoms with Crippen LogP contribution in [0, 0.1) is 23.2 Å². The summed E-state index contributed by atoms with van der Waals surface area (Å²) in [6.45, 7) is 4.11. The number of amides is 2. The molecule has 8 heteroatoms. The summed E-state index contributed by atoms with van der Waals surface area (Å²) in [7, 11) is 3.24. The van der Waals surface area contributed by atoms with Crippen LogP contribution in [-0.2, 0) is 9.59 Å². The van der Waals surface area contributed by atoms with Crippen molar-refractivity contribution in [3.8, 4) is 17.6 Å². The molecule has 3 fully saturated rings. The lowest BCUT2D eigenvalue weighted by atomic mass is 9.77. The second kappa shape index (κ2) is 9.50. The number of carbonyl (C=O) groups excluding carboxylic acids is 2. The molecule has 1 aliphatic heterocycles. The zero-order chi connectivity index (χ0) is 23.6. The van der Waals surface area contributed by atoms with E-state index in [0.29, 0.717) is 50.4 Å². The normalized spacial score (nSPS) is 26.2. The summed E-state index contributed by atoms with van der Waals surface area (Å²) in [4.78, 5) is 30.8. The SMILES string of the molecule is COc1ccc(N2CCN(C(=O)[C@@H]3CCCC[C@H]3C(=O)NC3(C#N)CC3)[C@H](C)C2)cc1OC. The van der Waals surface area contributed by atoms with E-state index >= 15 is 0 Å². The Bertz CT molecular complexity index is 939. The van der Waals surface area contributed by atoms with Crippen molar-refractivity contribution in [2.24, 2.45) is 11.8 Å². The van der Waals surface area contributed by atoms with Gasteiger partial charge in [-0.25, -0.2) is 0 Å². The Morgan fingerprint density at radius 1 is 1.09 bits per heavy atom. The fourth-order valence-electron chi connectivity index (χ4n) is 5.21. The highest BCUT2D eigenvalue weighted by molar-refractivity contribution is 5.89. The van der Waals surface area contributed by atoms with Crippen LogP contribution in [-0.4, -0.2) is 62.1 Å². The van der Waals surface area contributed by atoms with Crippen LogP contribution in [0.25, 0.3) is 0 Å². The molecule has 8 nitrogen and oxygen atoms in total. The number of piperazine rings is 1. The molecule has 1 saturated heterocycles. The molecule has 0 radical (unpaired) electrons. The van der Waals surface area contributed by atoms with Crippen LogP contribution in [0.3, 0.4) is 0 Å². The zero-order valence-electron chi connectivity index (χ0n) is 19.8. The highest BCUT2D eigenvalue weighted by Gasteiger charge is 2.48. The summed E-state index contributed by atoms with van der Waals surface area (Å²) in [5, 5.41) is 12.3. The highest BCUT2D eigenvalue weighted by atomic mass is 16.5. The van der Waals surface area contributed by atoms with Crippen LogP contribution in [0.15, 0.2) is 18.2 Å². The first-order valence-corrected chi connectivity index (χ1v) is 11.9. The summed E-state index contributed by atoms with van der Waals surface area (Å²) in [6, 6.07) is 8.12. The van der Waals surface area contributed by atoms with Crippen molar-refractivity contribution < 1.29 is 19.1 Å². The molecule has 1 aromatic rings. The average molecular weight is 455 g/mol. The summed E-state index contributed by atoms with van der Waals surface area (Å²) in [6.07, 6.45) is 4.77. The lowest BCUT2D eigenvalue weighted by Crippen LogP contribution is -2.57. The summed E-state index contributed by atoms with van der Waals surface area (Å²) >= 11 is 0. The first kappa shape index (κ1) is 23.2. The third kappa shape index (κ3) is 4.73. The van der Waals surface area contributed by atoms with Gasteiger partial charge in [-0.2, -0.15) is 5.26 Å². The van der Waals surface area contributed by atoms with Crippen LogP contribution < -0.4 is 19.7 Å². The predicted octanol–water partition coefficient (Wildman–Crippen LogP) is 2.72. The van der Waals surface area contributed by atoms with Crippen molar-refractivity contribution in [2.75, 3.05) is 38.8 Å². The number of nitrogens with zero attached hydrogens (tertiary/aromatic N) is 3. The quantitative estimate of drug-likeness (QED) is 0.710. The topological polar surface area (TPSA) is 94.9 Å². The van der Waals surface area contributed by atoms with E-state index in [1.165, 1.54) is 0 Å². The molecular formula is C25H34N4O4. The van der Waals surface area contributed by atoms with Crippen molar-refractivity contribution >= 4 is 17.5 Å². The Balaban J connectivity index is 1.42. The molecule has 4 rings (SSSR count). The molecule has 2 saturated carbocycles. The lowest BCUT2D eigenvalue weighted by Gasteiger charge is -2.43. The van der Waals surface area contributed by atoms with Gasteiger partial charge in [0, 0.05) is 49.3 Å². The van der Waals surface area contributed by atoms with Gasteiger partial charge >= 0.3 is 0 Å². The number of benzene rings is 1. The van der Waals surface area contributed by atoms with Gasteiger partial charge in [0.15, 0.2) is 11.5 Å². The zero-order valence-corrected chi connectivity index (χ0v) is 19.8. The van der Waals surface area contributed by atoms with Crippen molar-refractivity contribution in [1.82, 2.24) is 10.2 Å². The molecule has 3 aliphatic rings. The third-order valence-corrected chi connectivity index (χ3v) is 7.39. The highest BCUT2D eigenvalue weighted by Crippen LogP contribution is 2.38. The molecule has 0 unspecified atom stereocenters. The molecular weight excluding hydrogens is 420 g/mol. The van der Waals surface area contributed by atoms with Crippen LogP contribution in [0.4, 0.5) is 5.69 Å². The molecule has 0 bridgehead atoms. The first-order chi connectivity index (χ1) is 15.9. The number of nitriles is 1. The largest absolute Gasteiger partial charge is 0.493 e. The van der Waals surface area contributed by atoms with E-state index in [9.17, 15) is 14.9 Å². The van der Waals surface area contributed by atoms with Crippen molar-refractivity contribution in [2.45, 2.75) is 57.0 Å². The van der Waals surface area contributed by atoms with Gasteiger partial charge in [-0.3, -0.25) is 9.59 Å². The van der Waals surface area contributed by atoms with Crippen LogP contribution in [0.1, 0.15) is 45.4 Å². The first-order valence-electron chi connectivity index (χ1n) is 11.9. The molecule has 33 heavy (non-hydrogen) atoms. The molecule has 2 aliphatic carbocycles. The van der Waals surface area contributed by atoms with Gasteiger partial charge < -0.3 is 24.6 Å². The second-order valence-electron chi connectivity index (χ2n) is 9.55. The average Bonchev–Trinajstić information content (AvgIpc) is 3.62. The van der Waals surface area contributed by atoms with E-state index in [4.69, 9.17) is 9.47 Å². The number of rotatable bonds is 6. The molecule has 1 heterocycles. The van der Waals surface area contributed by atoms with Gasteiger partial charge in [0.25, 0.3) is 0 Å². The molecule has 0 aromatic heterocycles. The Morgan fingerprint density at radius 3 is 2.39 bits per heavy atom. The molecule has 178 valence electrons. The van der Waals surface area contributed by atoms with E-state index in [-0.39, 0.29) is 29.7 Å². The lowest BCUT2D eigenvalue weighted by molar-refractivity contribution is -0.145. The van der Waals surface area contributed by atoms with Gasteiger partial charge in [0.05, 0.1) is 20.3 Å². The standard InChI is InChI=1S/C25H34N4O4/c1-17-15-28(18-8-9-21(32-2)22(14-18)33-3)12-13-29(17)24(31)20-7-5-4-6-19(20)23(30)27-25(16-26)10-11-25/h8-9,14,17,19-20H,4-7,10-13,15H2,1-3H3,(H,27,30)/t17-,19-,20-/m1/s1. The Hall–Kier alpha value is -2.95. The Morgan fingerprint density at radius 2 is 1.79 bits per heavy atom. The van der Waals surface area contributed by atoms with Gasteiger partial charge in [-0.05, 0) is 44.7 Å². The van der Waals surface area contributed by atoms with E-state index in [2.05, 4.69) is 23.2 Å². The molecule has 2 amide bonds. The summed E-state index contributed by atoms with van der Waals surface area (Å²) in [5.41, 5.74) is 0.341. The number of ether oxygens (including phenoxy) is 2. The fourth-order valence-corrected chi connectivity index (χ4v) is 5.21. The number of anilines is 1. The van der Waals surface area contributed by atoms with Gasteiger partial charge in [-0.1, -0.05) is 12.8 Å². The number of carbonyl (C=O) groups is 2. The van der Waals surface area contributed by atoms with E-state index < -0.39 is 5.54 Å². The van der Waals surface area contributed by atoms with Crippen LogP contribution in [0.5, 0.6) is 11.5 Å². The third-order valence-electron chi connectivity index (χ3n) is 7.39. The molecule has 0 spiro atoms. The fraction of sp³-hybridized carbons (Fsp3) is 0.640. The number of hydrogen-bond acceptors (Lipinski definition) is 6. The predicted molar refractivity (Wildman–Crippen MR) is 124 cm³/mol. The van der Waals surface area contributed by atoms with Gasteiger partial charge in [0.2, 0.25) is 11.8 Å². The van der Waals surface area contributed by atoms with Crippen molar-refractivity contribution in [3.05, 3.63) is 18.2 Å². The summed E-state index contributed by atoms with van der Waals surface area (Å²) < 4.78 is 10.8. The minimum atomic E-state index is -0.694. The Kier molecular flexibility index (Phi) is 6.68. The minimum absolute atomic E-state index is 0.0267. The van der Waals surface area contributed by atoms with Gasteiger partial charge in [0.1, 0.15) is 5.54 Å². The smallest absolute Gasteiger partial charge is 0.226 e. The van der Waals surface area contributed by atoms with Crippen LogP contribution in [0.2, 0.25) is 0 Å². The van der Waals surface area contributed by atoms with Gasteiger partial charge in [-0.15, -0.1) is 0 Å². The number of nitrogens with one attached hydrogen (secondary N) is 1. The van der Waals surface area contributed by atoms with E-state index in [1.54, 1.807) is 14.2 Å². The maximum atomic E-state index is 13.6. The maximum Gasteiger partial charge on any atom is 0.226 e. The molecule has 1 aromatic carbocycles. The number of methoxy groups -OCH3 is 2. The molecule has 1 N–H and O–H groups in total. The number of hydrogen-bond donors (Lipinski definition) is 1. The Labute approximate surface area is 195 Å². The van der Waals surface area contributed by atoms with Crippen LogP contribution >= 0.6 is 0 Å². The van der Waals surface area contributed by atoms with E-state index in [1.807, 2.05) is 23.1 Å². The maximum absolute atomic E-state index is 13.6. The monoisotopic (exact) mass is 454 g/mol. The van der Waals surface area contributed by atoms with Crippen molar-refractivity contribution in [3.63, 3.8) is 0 Å². The molecule has 3 atom stereocenters.